The molecule has 0 atom stereocenters. The normalized spacial score (nSPS) is 10.1. The van der Waals surface area contributed by atoms with Gasteiger partial charge in [-0.1, -0.05) is 19.6 Å². The number of hydrogen-bond donors (Lipinski definition) is 0. The molecule has 0 aromatic heterocycles. The molecule has 100 valence electrons. The number of rotatable bonds is 3. The Labute approximate surface area is 113 Å². The minimum atomic E-state index is -1.63. The van der Waals surface area contributed by atoms with E-state index in [9.17, 15) is 9.59 Å². The molecule has 1 aromatic carbocycles. The van der Waals surface area contributed by atoms with Gasteiger partial charge in [0.2, 0.25) is 0 Å². The highest BCUT2D eigenvalue weighted by Crippen LogP contribution is 2.22. The van der Waals surface area contributed by atoms with Crippen molar-refractivity contribution in [1.82, 2.24) is 0 Å². The van der Waals surface area contributed by atoms with E-state index in [4.69, 9.17) is 9.47 Å². The van der Waals surface area contributed by atoms with Gasteiger partial charge in [0.15, 0.2) is 6.29 Å². The molecular formula is C14H16O4Si. The van der Waals surface area contributed by atoms with Crippen molar-refractivity contribution < 1.29 is 19.1 Å². The number of esters is 1. The zero-order valence-electron chi connectivity index (χ0n) is 11.4. The molecule has 4 nitrogen and oxygen atoms in total. The van der Waals surface area contributed by atoms with Gasteiger partial charge in [-0.15, -0.1) is 5.54 Å². The summed E-state index contributed by atoms with van der Waals surface area (Å²) in [5, 5.41) is 0. The van der Waals surface area contributed by atoms with Crippen molar-refractivity contribution in [2.24, 2.45) is 0 Å². The number of carbonyl (C=O) groups is 2. The maximum Gasteiger partial charge on any atom is 0.389 e. The molecular weight excluding hydrogens is 260 g/mol. The lowest BCUT2D eigenvalue weighted by Crippen LogP contribution is -2.18. The van der Waals surface area contributed by atoms with Crippen LogP contribution in [0.15, 0.2) is 18.2 Å². The SMILES string of the molecule is COc1ccc(OC(=O)C#C[Si](C)(C)C)c(C=O)c1. The first-order chi connectivity index (χ1) is 8.85. The van der Waals surface area contributed by atoms with Gasteiger partial charge in [-0.05, 0) is 18.2 Å². The van der Waals surface area contributed by atoms with Crippen LogP contribution in [0.4, 0.5) is 0 Å². The molecule has 19 heavy (non-hydrogen) atoms. The largest absolute Gasteiger partial charge is 0.497 e. The van der Waals surface area contributed by atoms with Crippen LogP contribution >= 0.6 is 0 Å². The van der Waals surface area contributed by atoms with Gasteiger partial charge >= 0.3 is 5.97 Å². The Morgan fingerprint density at radius 3 is 2.53 bits per heavy atom. The van der Waals surface area contributed by atoms with Gasteiger partial charge in [0.25, 0.3) is 0 Å². The van der Waals surface area contributed by atoms with Gasteiger partial charge in [-0.25, -0.2) is 4.79 Å². The summed E-state index contributed by atoms with van der Waals surface area (Å²) in [6, 6.07) is 4.62. The number of benzene rings is 1. The Morgan fingerprint density at radius 1 is 1.32 bits per heavy atom. The molecule has 1 aromatic rings. The molecule has 0 bridgehead atoms. The number of ether oxygens (including phenoxy) is 2. The third-order valence-electron chi connectivity index (χ3n) is 2.09. The van der Waals surface area contributed by atoms with E-state index < -0.39 is 14.0 Å². The Morgan fingerprint density at radius 2 is 2.00 bits per heavy atom. The second-order valence-corrected chi connectivity index (χ2v) is 9.66. The van der Waals surface area contributed by atoms with Gasteiger partial charge in [-0.3, -0.25) is 4.79 Å². The summed E-state index contributed by atoms with van der Waals surface area (Å²) in [4.78, 5) is 22.5. The van der Waals surface area contributed by atoms with E-state index in [2.05, 4.69) is 11.5 Å². The number of methoxy groups -OCH3 is 1. The second kappa shape index (κ2) is 6.21. The second-order valence-electron chi connectivity index (χ2n) is 4.91. The van der Waals surface area contributed by atoms with E-state index in [-0.39, 0.29) is 11.3 Å². The van der Waals surface area contributed by atoms with Crippen LogP contribution in [-0.2, 0) is 4.79 Å². The van der Waals surface area contributed by atoms with Crippen molar-refractivity contribution in [1.29, 1.82) is 0 Å². The summed E-state index contributed by atoms with van der Waals surface area (Å²) < 4.78 is 10.0. The van der Waals surface area contributed by atoms with Gasteiger partial charge in [0.05, 0.1) is 12.7 Å². The van der Waals surface area contributed by atoms with Gasteiger partial charge in [0.1, 0.15) is 19.6 Å². The first kappa shape index (κ1) is 15.0. The van der Waals surface area contributed by atoms with E-state index in [1.807, 2.05) is 19.6 Å². The zero-order chi connectivity index (χ0) is 14.5. The van der Waals surface area contributed by atoms with Crippen molar-refractivity contribution in [2.75, 3.05) is 7.11 Å². The standard InChI is InChI=1S/C14H16O4Si/c1-17-12-5-6-13(11(9-12)10-15)18-14(16)7-8-19(2,3)4/h5-6,9-10H,1-4H3. The van der Waals surface area contributed by atoms with E-state index in [1.54, 1.807) is 6.07 Å². The average Bonchev–Trinajstić information content (AvgIpc) is 2.36. The van der Waals surface area contributed by atoms with Crippen LogP contribution in [0.3, 0.4) is 0 Å². The lowest BCUT2D eigenvalue weighted by atomic mass is 10.2. The van der Waals surface area contributed by atoms with Crippen LogP contribution in [0.1, 0.15) is 10.4 Å². The van der Waals surface area contributed by atoms with E-state index in [0.29, 0.717) is 12.0 Å². The molecule has 0 amide bonds. The topological polar surface area (TPSA) is 52.6 Å². The Hall–Kier alpha value is -2.06. The molecule has 0 aliphatic heterocycles. The van der Waals surface area contributed by atoms with E-state index >= 15 is 0 Å². The average molecular weight is 276 g/mol. The van der Waals surface area contributed by atoms with Crippen LogP contribution in [0.5, 0.6) is 11.5 Å². The Kier molecular flexibility index (Phi) is 4.90. The van der Waals surface area contributed by atoms with Crippen molar-refractivity contribution in [3.05, 3.63) is 23.8 Å². The molecule has 5 heteroatoms. The van der Waals surface area contributed by atoms with E-state index in [1.165, 1.54) is 19.2 Å². The van der Waals surface area contributed by atoms with Crippen LogP contribution in [-0.4, -0.2) is 27.4 Å². The molecule has 0 N–H and O–H groups in total. The summed E-state index contributed by atoms with van der Waals surface area (Å²) in [5.74, 6) is 2.51. The number of hydrogen-bond acceptors (Lipinski definition) is 4. The third-order valence-corrected chi connectivity index (χ3v) is 2.96. The molecule has 0 unspecified atom stereocenters. The fraction of sp³-hybridized carbons (Fsp3) is 0.286. The molecule has 0 aliphatic rings. The molecule has 0 fully saturated rings. The zero-order valence-corrected chi connectivity index (χ0v) is 12.4. The first-order valence-corrected chi connectivity index (χ1v) is 9.24. The molecule has 0 heterocycles. The predicted molar refractivity (Wildman–Crippen MR) is 75.1 cm³/mol. The van der Waals surface area contributed by atoms with Crippen LogP contribution in [0.2, 0.25) is 19.6 Å². The van der Waals surface area contributed by atoms with Crippen molar-refractivity contribution >= 4 is 20.3 Å². The lowest BCUT2D eigenvalue weighted by molar-refractivity contribution is -0.128. The molecule has 0 radical (unpaired) electrons. The van der Waals surface area contributed by atoms with Gasteiger partial charge in [0, 0.05) is 5.92 Å². The van der Waals surface area contributed by atoms with Crippen molar-refractivity contribution in [3.63, 3.8) is 0 Å². The first-order valence-electron chi connectivity index (χ1n) is 5.74. The minimum Gasteiger partial charge on any atom is -0.497 e. The van der Waals surface area contributed by atoms with Gasteiger partial charge < -0.3 is 9.47 Å². The third kappa shape index (κ3) is 4.98. The molecule has 1 rings (SSSR count). The van der Waals surface area contributed by atoms with Crippen LogP contribution in [0.25, 0.3) is 0 Å². The fourth-order valence-corrected chi connectivity index (χ4v) is 1.68. The van der Waals surface area contributed by atoms with Crippen molar-refractivity contribution in [2.45, 2.75) is 19.6 Å². The van der Waals surface area contributed by atoms with Crippen molar-refractivity contribution in [3.8, 4) is 23.0 Å². The highest BCUT2D eigenvalue weighted by molar-refractivity contribution is 6.84. The van der Waals surface area contributed by atoms with Gasteiger partial charge in [-0.2, -0.15) is 0 Å². The number of carbonyl (C=O) groups excluding carboxylic acids is 2. The fourth-order valence-electron chi connectivity index (χ4n) is 1.20. The smallest absolute Gasteiger partial charge is 0.389 e. The summed E-state index contributed by atoms with van der Waals surface area (Å²) in [6.45, 7) is 6.08. The van der Waals surface area contributed by atoms with Crippen LogP contribution in [0, 0.1) is 11.5 Å². The highest BCUT2D eigenvalue weighted by Gasteiger charge is 2.11. The maximum absolute atomic E-state index is 11.6. The molecule has 0 saturated heterocycles. The Bertz CT molecular complexity index is 547. The Balaban J connectivity index is 2.90. The quantitative estimate of drug-likeness (QED) is 0.279. The molecule has 0 spiro atoms. The molecule has 0 aliphatic carbocycles. The van der Waals surface area contributed by atoms with E-state index in [0.717, 1.165) is 0 Å². The summed E-state index contributed by atoms with van der Waals surface area (Å²) in [6.07, 6.45) is 0.608. The lowest BCUT2D eigenvalue weighted by Gasteiger charge is -2.06. The van der Waals surface area contributed by atoms with Crippen LogP contribution < -0.4 is 9.47 Å². The minimum absolute atomic E-state index is 0.186. The summed E-state index contributed by atoms with van der Waals surface area (Å²) in [5.41, 5.74) is 3.16. The maximum atomic E-state index is 11.6. The summed E-state index contributed by atoms with van der Waals surface area (Å²) in [7, 11) is -0.130. The summed E-state index contributed by atoms with van der Waals surface area (Å²) >= 11 is 0. The highest BCUT2D eigenvalue weighted by atomic mass is 28.3. The number of aldehydes is 1. The monoisotopic (exact) mass is 276 g/mol. The molecule has 0 saturated carbocycles. The predicted octanol–water partition coefficient (Wildman–Crippen LogP) is 2.29.